The number of anilines is 2. The van der Waals surface area contributed by atoms with Gasteiger partial charge < -0.3 is 10.2 Å². The summed E-state index contributed by atoms with van der Waals surface area (Å²) in [5, 5.41) is 9.47. The molecule has 106 valence electrons. The minimum atomic E-state index is -0.0511. The topological polar surface area (TPSA) is 61.0 Å². The highest BCUT2D eigenvalue weighted by Gasteiger charge is 2.06. The van der Waals surface area contributed by atoms with E-state index in [1.165, 1.54) is 5.69 Å². The zero-order valence-electron chi connectivity index (χ0n) is 11.9. The van der Waals surface area contributed by atoms with E-state index in [2.05, 4.69) is 34.3 Å². The van der Waals surface area contributed by atoms with Crippen LogP contribution >= 0.6 is 0 Å². The Morgan fingerprint density at radius 2 is 1.90 bits per heavy atom. The predicted molar refractivity (Wildman–Crippen MR) is 80.9 cm³/mol. The van der Waals surface area contributed by atoms with Gasteiger partial charge in [-0.3, -0.25) is 9.89 Å². The summed E-state index contributed by atoms with van der Waals surface area (Å²) in [5.41, 5.74) is 2.79. The Labute approximate surface area is 119 Å². The third kappa shape index (κ3) is 3.60. The highest BCUT2D eigenvalue weighted by molar-refractivity contribution is 5.92. The number of aromatic nitrogens is 2. The van der Waals surface area contributed by atoms with Gasteiger partial charge in [-0.15, -0.1) is 0 Å². The molecule has 1 heterocycles. The van der Waals surface area contributed by atoms with Crippen LogP contribution in [-0.4, -0.2) is 29.2 Å². The van der Waals surface area contributed by atoms with Crippen molar-refractivity contribution in [2.24, 2.45) is 0 Å². The first kappa shape index (κ1) is 14.1. The van der Waals surface area contributed by atoms with Gasteiger partial charge in [0.1, 0.15) is 0 Å². The van der Waals surface area contributed by atoms with Crippen molar-refractivity contribution in [3.8, 4) is 0 Å². The summed E-state index contributed by atoms with van der Waals surface area (Å²) in [5.74, 6) is -0.0511. The second-order valence-electron chi connectivity index (χ2n) is 4.53. The molecule has 2 aromatic rings. The molecule has 0 unspecified atom stereocenters. The van der Waals surface area contributed by atoms with Crippen molar-refractivity contribution in [1.29, 1.82) is 0 Å². The minimum Gasteiger partial charge on any atom is -0.372 e. The number of H-pyrrole nitrogens is 1. The van der Waals surface area contributed by atoms with E-state index in [4.69, 9.17) is 0 Å². The molecule has 0 radical (unpaired) electrons. The van der Waals surface area contributed by atoms with Gasteiger partial charge in [0, 0.05) is 36.4 Å². The standard InChI is InChI=1S/C15H20N4O/c1-3-19(4-2)14-7-5-12(6-8-14)17-15(20)11-13-9-10-16-18-13/h5-10H,3-4,11H2,1-2H3,(H,16,18)(H,17,20). The van der Waals surface area contributed by atoms with Crippen LogP contribution in [0.1, 0.15) is 19.5 Å². The number of rotatable bonds is 6. The summed E-state index contributed by atoms with van der Waals surface area (Å²) in [6, 6.07) is 9.71. The average Bonchev–Trinajstić information content (AvgIpc) is 2.94. The van der Waals surface area contributed by atoms with Gasteiger partial charge in [0.15, 0.2) is 0 Å². The molecule has 0 bridgehead atoms. The maximum atomic E-state index is 11.8. The highest BCUT2D eigenvalue weighted by Crippen LogP contribution is 2.17. The Balaban J connectivity index is 1.95. The molecule has 1 amide bonds. The Morgan fingerprint density at radius 3 is 2.45 bits per heavy atom. The zero-order valence-corrected chi connectivity index (χ0v) is 11.9. The molecule has 5 heteroatoms. The molecule has 0 fully saturated rings. The Bertz CT molecular complexity index is 530. The number of amides is 1. The van der Waals surface area contributed by atoms with Gasteiger partial charge >= 0.3 is 0 Å². The van der Waals surface area contributed by atoms with Crippen LogP contribution in [0.2, 0.25) is 0 Å². The second-order valence-corrected chi connectivity index (χ2v) is 4.53. The lowest BCUT2D eigenvalue weighted by molar-refractivity contribution is -0.115. The number of carbonyl (C=O) groups excluding carboxylic acids is 1. The molecule has 20 heavy (non-hydrogen) atoms. The lowest BCUT2D eigenvalue weighted by atomic mass is 10.2. The van der Waals surface area contributed by atoms with Crippen molar-refractivity contribution < 1.29 is 4.79 Å². The van der Waals surface area contributed by atoms with Crippen molar-refractivity contribution in [2.45, 2.75) is 20.3 Å². The number of hydrogen-bond donors (Lipinski definition) is 2. The first-order valence-corrected chi connectivity index (χ1v) is 6.86. The zero-order chi connectivity index (χ0) is 14.4. The summed E-state index contributed by atoms with van der Waals surface area (Å²) in [6.07, 6.45) is 1.94. The predicted octanol–water partition coefficient (Wildman–Crippen LogP) is 2.44. The normalized spacial score (nSPS) is 10.3. The molecule has 0 aliphatic heterocycles. The van der Waals surface area contributed by atoms with E-state index in [1.54, 1.807) is 12.3 Å². The molecule has 0 aliphatic carbocycles. The summed E-state index contributed by atoms with van der Waals surface area (Å²) in [7, 11) is 0. The van der Waals surface area contributed by atoms with Crippen LogP contribution in [0, 0.1) is 0 Å². The Morgan fingerprint density at radius 1 is 1.20 bits per heavy atom. The van der Waals surface area contributed by atoms with Crippen LogP contribution in [0.4, 0.5) is 11.4 Å². The van der Waals surface area contributed by atoms with Crippen LogP contribution in [0.15, 0.2) is 36.5 Å². The van der Waals surface area contributed by atoms with E-state index in [0.29, 0.717) is 6.42 Å². The minimum absolute atomic E-state index is 0.0511. The monoisotopic (exact) mass is 272 g/mol. The quantitative estimate of drug-likeness (QED) is 0.849. The Kier molecular flexibility index (Phi) is 4.76. The van der Waals surface area contributed by atoms with E-state index in [0.717, 1.165) is 24.5 Å². The van der Waals surface area contributed by atoms with Crippen LogP contribution in [0.5, 0.6) is 0 Å². The van der Waals surface area contributed by atoms with E-state index >= 15 is 0 Å². The van der Waals surface area contributed by atoms with E-state index in [1.807, 2.05) is 24.3 Å². The maximum Gasteiger partial charge on any atom is 0.230 e. The van der Waals surface area contributed by atoms with Crippen LogP contribution in [-0.2, 0) is 11.2 Å². The van der Waals surface area contributed by atoms with Gasteiger partial charge in [0.05, 0.1) is 6.42 Å². The number of benzene rings is 1. The number of hydrogen-bond acceptors (Lipinski definition) is 3. The van der Waals surface area contributed by atoms with Gasteiger partial charge in [0.2, 0.25) is 5.91 Å². The van der Waals surface area contributed by atoms with Gasteiger partial charge in [-0.05, 0) is 44.2 Å². The third-order valence-corrected chi connectivity index (χ3v) is 3.19. The van der Waals surface area contributed by atoms with Crippen molar-refractivity contribution in [1.82, 2.24) is 10.2 Å². The lowest BCUT2D eigenvalue weighted by Crippen LogP contribution is -2.21. The van der Waals surface area contributed by atoms with Gasteiger partial charge in [-0.25, -0.2) is 0 Å². The molecular weight excluding hydrogens is 252 g/mol. The Hall–Kier alpha value is -2.30. The first-order chi connectivity index (χ1) is 9.72. The summed E-state index contributed by atoms with van der Waals surface area (Å²) in [6.45, 7) is 6.21. The summed E-state index contributed by atoms with van der Waals surface area (Å²) in [4.78, 5) is 14.1. The van der Waals surface area contributed by atoms with Gasteiger partial charge in [0.25, 0.3) is 0 Å². The molecule has 0 atom stereocenters. The second kappa shape index (κ2) is 6.75. The summed E-state index contributed by atoms with van der Waals surface area (Å²) < 4.78 is 0. The van der Waals surface area contributed by atoms with Crippen LogP contribution in [0.25, 0.3) is 0 Å². The van der Waals surface area contributed by atoms with Crippen LogP contribution < -0.4 is 10.2 Å². The van der Waals surface area contributed by atoms with Crippen molar-refractivity contribution in [3.63, 3.8) is 0 Å². The number of carbonyl (C=O) groups is 1. The molecule has 1 aromatic heterocycles. The molecule has 5 nitrogen and oxygen atoms in total. The third-order valence-electron chi connectivity index (χ3n) is 3.19. The first-order valence-electron chi connectivity index (χ1n) is 6.86. The average molecular weight is 272 g/mol. The maximum absolute atomic E-state index is 11.8. The lowest BCUT2D eigenvalue weighted by Gasteiger charge is -2.21. The summed E-state index contributed by atoms with van der Waals surface area (Å²) >= 11 is 0. The van der Waals surface area contributed by atoms with Crippen molar-refractivity contribution >= 4 is 17.3 Å². The van der Waals surface area contributed by atoms with E-state index in [9.17, 15) is 4.79 Å². The fraction of sp³-hybridized carbons (Fsp3) is 0.333. The molecule has 2 rings (SSSR count). The SMILES string of the molecule is CCN(CC)c1ccc(NC(=O)Cc2ccn[nH]2)cc1. The number of nitrogens with zero attached hydrogens (tertiary/aromatic N) is 2. The largest absolute Gasteiger partial charge is 0.372 e. The molecule has 0 saturated heterocycles. The van der Waals surface area contributed by atoms with Gasteiger partial charge in [-0.2, -0.15) is 5.10 Å². The van der Waals surface area contributed by atoms with E-state index in [-0.39, 0.29) is 5.91 Å². The smallest absolute Gasteiger partial charge is 0.230 e. The molecule has 0 saturated carbocycles. The molecule has 0 aliphatic rings. The highest BCUT2D eigenvalue weighted by atomic mass is 16.1. The van der Waals surface area contributed by atoms with Crippen molar-refractivity contribution in [3.05, 3.63) is 42.2 Å². The van der Waals surface area contributed by atoms with Crippen molar-refractivity contribution in [2.75, 3.05) is 23.3 Å². The fourth-order valence-electron chi connectivity index (χ4n) is 2.11. The van der Waals surface area contributed by atoms with Crippen LogP contribution in [0.3, 0.4) is 0 Å². The molecule has 2 N–H and O–H groups in total. The molecular formula is C15H20N4O. The number of aromatic amines is 1. The molecule has 0 spiro atoms. The fourth-order valence-corrected chi connectivity index (χ4v) is 2.11. The number of nitrogens with one attached hydrogen (secondary N) is 2. The molecule has 1 aromatic carbocycles. The van der Waals surface area contributed by atoms with E-state index < -0.39 is 0 Å². The van der Waals surface area contributed by atoms with Gasteiger partial charge in [-0.1, -0.05) is 0 Å².